The lowest BCUT2D eigenvalue weighted by atomic mass is 10.2. The van der Waals surface area contributed by atoms with Crippen molar-refractivity contribution in [3.05, 3.63) is 34.9 Å². The van der Waals surface area contributed by atoms with Crippen LogP contribution in [0.3, 0.4) is 0 Å². The first kappa shape index (κ1) is 10.9. The highest BCUT2D eigenvalue weighted by Gasteiger charge is 1.92. The molecule has 0 radical (unpaired) electrons. The fourth-order valence-corrected chi connectivity index (χ4v) is 1.62. The molecule has 0 aliphatic heterocycles. The zero-order chi connectivity index (χ0) is 9.52. The van der Waals surface area contributed by atoms with Crippen molar-refractivity contribution < 1.29 is 0 Å². The van der Waals surface area contributed by atoms with E-state index in [1.165, 1.54) is 5.56 Å². The molecule has 0 unspecified atom stereocenters. The molecule has 0 fully saturated rings. The van der Waals surface area contributed by atoms with Crippen LogP contribution in [-0.2, 0) is 6.54 Å². The van der Waals surface area contributed by atoms with Crippen LogP contribution >= 0.6 is 23.4 Å². The Morgan fingerprint density at radius 1 is 1.46 bits per heavy atom. The summed E-state index contributed by atoms with van der Waals surface area (Å²) in [7, 11) is 0. The topological polar surface area (TPSA) is 12.0 Å². The first-order valence-corrected chi connectivity index (χ1v) is 6.04. The van der Waals surface area contributed by atoms with Gasteiger partial charge in [-0.05, 0) is 24.0 Å². The van der Waals surface area contributed by atoms with Gasteiger partial charge in [-0.15, -0.1) is 0 Å². The van der Waals surface area contributed by atoms with Crippen LogP contribution in [0.4, 0.5) is 0 Å². The SMILES string of the molecule is CSCCNCc1cccc(Cl)c1. The Hall–Kier alpha value is -0.180. The van der Waals surface area contributed by atoms with Gasteiger partial charge < -0.3 is 5.32 Å². The van der Waals surface area contributed by atoms with Crippen molar-refractivity contribution >= 4 is 23.4 Å². The molecule has 0 bridgehead atoms. The summed E-state index contributed by atoms with van der Waals surface area (Å²) in [5, 5.41) is 4.16. The molecular formula is C10H14ClNS. The molecule has 0 saturated heterocycles. The second kappa shape index (κ2) is 6.30. The zero-order valence-corrected chi connectivity index (χ0v) is 9.29. The Labute approximate surface area is 88.9 Å². The van der Waals surface area contributed by atoms with Crippen molar-refractivity contribution in [2.24, 2.45) is 0 Å². The molecule has 1 rings (SSSR count). The van der Waals surface area contributed by atoms with E-state index in [1.54, 1.807) is 0 Å². The third kappa shape index (κ3) is 4.55. The summed E-state index contributed by atoms with van der Waals surface area (Å²) in [5.41, 5.74) is 1.24. The summed E-state index contributed by atoms with van der Waals surface area (Å²) in [6.07, 6.45) is 2.11. The molecule has 1 aromatic carbocycles. The Morgan fingerprint density at radius 3 is 3.00 bits per heavy atom. The fraction of sp³-hybridized carbons (Fsp3) is 0.400. The predicted molar refractivity (Wildman–Crippen MR) is 61.5 cm³/mol. The lowest BCUT2D eigenvalue weighted by Crippen LogP contribution is -2.16. The standard InChI is InChI=1S/C10H14ClNS/c1-13-6-5-12-8-9-3-2-4-10(11)7-9/h2-4,7,12H,5-6,8H2,1H3. The largest absolute Gasteiger partial charge is 0.312 e. The first-order valence-electron chi connectivity index (χ1n) is 4.27. The highest BCUT2D eigenvalue weighted by atomic mass is 35.5. The maximum absolute atomic E-state index is 5.85. The van der Waals surface area contributed by atoms with E-state index in [9.17, 15) is 0 Å². The summed E-state index contributed by atoms with van der Waals surface area (Å²) in [6, 6.07) is 7.95. The quantitative estimate of drug-likeness (QED) is 0.759. The summed E-state index contributed by atoms with van der Waals surface area (Å²) in [4.78, 5) is 0. The summed E-state index contributed by atoms with van der Waals surface area (Å²) < 4.78 is 0. The Bertz CT molecular complexity index is 252. The van der Waals surface area contributed by atoms with Gasteiger partial charge in [0.2, 0.25) is 0 Å². The van der Waals surface area contributed by atoms with Crippen LogP contribution in [0, 0.1) is 0 Å². The molecule has 1 nitrogen and oxygen atoms in total. The molecule has 0 saturated carbocycles. The van der Waals surface area contributed by atoms with Crippen molar-refractivity contribution in [1.29, 1.82) is 0 Å². The maximum atomic E-state index is 5.85. The Kier molecular flexibility index (Phi) is 5.28. The molecule has 0 spiro atoms. The van der Waals surface area contributed by atoms with Gasteiger partial charge in [-0.25, -0.2) is 0 Å². The average molecular weight is 216 g/mol. The van der Waals surface area contributed by atoms with Crippen LogP contribution in [0.25, 0.3) is 0 Å². The monoisotopic (exact) mass is 215 g/mol. The van der Waals surface area contributed by atoms with Crippen LogP contribution in [0.5, 0.6) is 0 Å². The van der Waals surface area contributed by atoms with Gasteiger partial charge >= 0.3 is 0 Å². The summed E-state index contributed by atoms with van der Waals surface area (Å²) in [6.45, 7) is 1.95. The zero-order valence-electron chi connectivity index (χ0n) is 7.72. The van der Waals surface area contributed by atoms with Crippen molar-refractivity contribution in [2.45, 2.75) is 6.54 Å². The third-order valence-corrected chi connectivity index (χ3v) is 2.55. The molecule has 0 atom stereocenters. The van der Waals surface area contributed by atoms with Crippen LogP contribution in [0.2, 0.25) is 5.02 Å². The van der Waals surface area contributed by atoms with Crippen LogP contribution in [0.15, 0.2) is 24.3 Å². The number of rotatable bonds is 5. The average Bonchev–Trinajstić information content (AvgIpc) is 2.13. The van der Waals surface area contributed by atoms with Crippen molar-refractivity contribution in [3.63, 3.8) is 0 Å². The lowest BCUT2D eigenvalue weighted by Gasteiger charge is -2.03. The number of benzene rings is 1. The number of hydrogen-bond acceptors (Lipinski definition) is 2. The molecule has 0 aromatic heterocycles. The smallest absolute Gasteiger partial charge is 0.0409 e. The molecule has 13 heavy (non-hydrogen) atoms. The highest BCUT2D eigenvalue weighted by Crippen LogP contribution is 2.10. The molecule has 0 aliphatic rings. The van der Waals surface area contributed by atoms with E-state index in [0.717, 1.165) is 23.9 Å². The molecule has 0 amide bonds. The van der Waals surface area contributed by atoms with Gasteiger partial charge in [-0.2, -0.15) is 11.8 Å². The number of nitrogens with one attached hydrogen (secondary N) is 1. The van der Waals surface area contributed by atoms with Gasteiger partial charge in [0.25, 0.3) is 0 Å². The fourth-order valence-electron chi connectivity index (χ4n) is 1.05. The normalized spacial score (nSPS) is 10.3. The van der Waals surface area contributed by atoms with Gasteiger partial charge in [-0.3, -0.25) is 0 Å². The van der Waals surface area contributed by atoms with E-state index >= 15 is 0 Å². The van der Waals surface area contributed by atoms with E-state index in [2.05, 4.69) is 17.6 Å². The molecule has 1 N–H and O–H groups in total. The molecular weight excluding hydrogens is 202 g/mol. The Balaban J connectivity index is 2.28. The lowest BCUT2D eigenvalue weighted by molar-refractivity contribution is 0.732. The van der Waals surface area contributed by atoms with Crippen LogP contribution in [-0.4, -0.2) is 18.6 Å². The van der Waals surface area contributed by atoms with Crippen molar-refractivity contribution in [2.75, 3.05) is 18.6 Å². The minimum Gasteiger partial charge on any atom is -0.312 e. The van der Waals surface area contributed by atoms with E-state index in [1.807, 2.05) is 30.0 Å². The second-order valence-corrected chi connectivity index (χ2v) is 4.22. The van der Waals surface area contributed by atoms with Crippen molar-refractivity contribution in [3.8, 4) is 0 Å². The molecule has 3 heteroatoms. The third-order valence-electron chi connectivity index (χ3n) is 1.70. The van der Waals surface area contributed by atoms with E-state index in [4.69, 9.17) is 11.6 Å². The van der Waals surface area contributed by atoms with Crippen molar-refractivity contribution in [1.82, 2.24) is 5.32 Å². The van der Waals surface area contributed by atoms with E-state index < -0.39 is 0 Å². The molecule has 0 heterocycles. The van der Waals surface area contributed by atoms with Crippen LogP contribution in [0.1, 0.15) is 5.56 Å². The van der Waals surface area contributed by atoms with Gasteiger partial charge in [0.1, 0.15) is 0 Å². The summed E-state index contributed by atoms with van der Waals surface area (Å²) >= 11 is 7.70. The predicted octanol–water partition coefficient (Wildman–Crippen LogP) is 2.79. The molecule has 0 aliphatic carbocycles. The molecule has 1 aromatic rings. The number of thioether (sulfide) groups is 1. The van der Waals surface area contributed by atoms with Gasteiger partial charge in [0.15, 0.2) is 0 Å². The summed E-state index contributed by atoms with van der Waals surface area (Å²) in [5.74, 6) is 1.15. The maximum Gasteiger partial charge on any atom is 0.0409 e. The van der Waals surface area contributed by atoms with E-state index in [-0.39, 0.29) is 0 Å². The first-order chi connectivity index (χ1) is 6.33. The van der Waals surface area contributed by atoms with Gasteiger partial charge in [0, 0.05) is 23.9 Å². The van der Waals surface area contributed by atoms with Crippen LogP contribution < -0.4 is 5.32 Å². The highest BCUT2D eigenvalue weighted by molar-refractivity contribution is 7.98. The molecule has 72 valence electrons. The van der Waals surface area contributed by atoms with Gasteiger partial charge in [-0.1, -0.05) is 23.7 Å². The minimum atomic E-state index is 0.809. The minimum absolute atomic E-state index is 0.809. The van der Waals surface area contributed by atoms with E-state index in [0.29, 0.717) is 0 Å². The van der Waals surface area contributed by atoms with Gasteiger partial charge in [0.05, 0.1) is 0 Å². The number of halogens is 1. The number of hydrogen-bond donors (Lipinski definition) is 1. The second-order valence-electron chi connectivity index (χ2n) is 2.80. The Morgan fingerprint density at radius 2 is 2.31 bits per heavy atom.